The minimum Gasteiger partial charge on any atom is -0.421 e. The zero-order chi connectivity index (χ0) is 19.5. The average molecular weight is 439 g/mol. The minimum atomic E-state index is -0.0629. The summed E-state index contributed by atoms with van der Waals surface area (Å²) in [6.07, 6.45) is 2.58. The number of nitrogens with one attached hydrogen (secondary N) is 1. The molecule has 7 heteroatoms. The highest BCUT2D eigenvalue weighted by atomic mass is 79.9. The zero-order valence-corrected chi connectivity index (χ0v) is 16.9. The maximum atomic E-state index is 12.5. The zero-order valence-electron chi connectivity index (χ0n) is 15.4. The Balaban J connectivity index is 1.56. The van der Waals surface area contributed by atoms with Gasteiger partial charge < -0.3 is 14.3 Å². The highest BCUT2D eigenvalue weighted by molar-refractivity contribution is 9.10. The predicted octanol–water partition coefficient (Wildman–Crippen LogP) is 4.33. The van der Waals surface area contributed by atoms with Gasteiger partial charge in [0.25, 0.3) is 0 Å². The Morgan fingerprint density at radius 2 is 2.04 bits per heavy atom. The summed E-state index contributed by atoms with van der Waals surface area (Å²) < 4.78 is 8.63. The number of benzene rings is 2. The van der Waals surface area contributed by atoms with Crippen molar-refractivity contribution in [2.24, 2.45) is 0 Å². The Kier molecular flexibility index (Phi) is 5.25. The van der Waals surface area contributed by atoms with E-state index >= 15 is 0 Å². The number of rotatable bonds is 6. The first-order valence-corrected chi connectivity index (χ1v) is 9.85. The fourth-order valence-corrected chi connectivity index (χ4v) is 3.56. The maximum Gasteiger partial charge on any atom is 0.249 e. The van der Waals surface area contributed by atoms with E-state index in [1.165, 1.54) is 0 Å². The van der Waals surface area contributed by atoms with Crippen molar-refractivity contribution in [2.75, 3.05) is 0 Å². The van der Waals surface area contributed by atoms with E-state index in [9.17, 15) is 4.79 Å². The number of para-hydroxylation sites is 1. The molecule has 0 unspecified atom stereocenters. The summed E-state index contributed by atoms with van der Waals surface area (Å²) in [6.45, 7) is 2.66. The maximum absolute atomic E-state index is 12.5. The number of aryl methyl sites for hydroxylation is 1. The van der Waals surface area contributed by atoms with Crippen LogP contribution >= 0.6 is 15.9 Å². The van der Waals surface area contributed by atoms with E-state index in [2.05, 4.69) is 31.4 Å². The molecule has 0 radical (unpaired) electrons. The van der Waals surface area contributed by atoms with Crippen LogP contribution in [0.5, 0.6) is 0 Å². The van der Waals surface area contributed by atoms with Crippen molar-refractivity contribution in [3.05, 3.63) is 70.7 Å². The topological polar surface area (TPSA) is 73.0 Å². The first-order chi connectivity index (χ1) is 13.6. The van der Waals surface area contributed by atoms with Crippen LogP contribution < -0.4 is 5.32 Å². The second-order valence-electron chi connectivity index (χ2n) is 6.45. The molecule has 6 nitrogen and oxygen atoms in total. The fourth-order valence-electron chi connectivity index (χ4n) is 3.11. The van der Waals surface area contributed by atoms with Gasteiger partial charge in [0.2, 0.25) is 17.7 Å². The molecule has 28 heavy (non-hydrogen) atoms. The van der Waals surface area contributed by atoms with Crippen LogP contribution in [0.2, 0.25) is 0 Å². The third-order valence-electron chi connectivity index (χ3n) is 4.48. The quantitative estimate of drug-likeness (QED) is 0.486. The third-order valence-corrected chi connectivity index (χ3v) is 4.97. The van der Waals surface area contributed by atoms with Gasteiger partial charge in [-0.25, -0.2) is 0 Å². The standard InChI is InChI=1S/C21H19BrN4O2/c1-2-20-24-25-21(28-20)17-12-26(18-9-4-3-8-16(17)18)13-19(27)23-11-14-6-5-7-15(22)10-14/h3-10,12H,2,11,13H2,1H3,(H,23,27). The first-order valence-electron chi connectivity index (χ1n) is 9.06. The van der Waals surface area contributed by atoms with Crippen LogP contribution in [0.25, 0.3) is 22.4 Å². The predicted molar refractivity (Wildman–Crippen MR) is 111 cm³/mol. The van der Waals surface area contributed by atoms with Gasteiger partial charge in [0.05, 0.1) is 5.56 Å². The van der Waals surface area contributed by atoms with Gasteiger partial charge in [-0.3, -0.25) is 4.79 Å². The lowest BCUT2D eigenvalue weighted by molar-refractivity contribution is -0.121. The van der Waals surface area contributed by atoms with Gasteiger partial charge in [0.1, 0.15) is 6.54 Å². The van der Waals surface area contributed by atoms with Gasteiger partial charge in [-0.2, -0.15) is 0 Å². The molecule has 0 bridgehead atoms. The van der Waals surface area contributed by atoms with Crippen LogP contribution in [0.1, 0.15) is 18.4 Å². The van der Waals surface area contributed by atoms with Gasteiger partial charge in [-0.15, -0.1) is 10.2 Å². The summed E-state index contributed by atoms with van der Waals surface area (Å²) in [7, 11) is 0. The molecule has 1 N–H and O–H groups in total. The van der Waals surface area contributed by atoms with E-state index in [1.54, 1.807) is 0 Å². The van der Waals surface area contributed by atoms with Gasteiger partial charge in [-0.05, 0) is 23.8 Å². The van der Waals surface area contributed by atoms with Crippen molar-refractivity contribution >= 4 is 32.7 Å². The molecule has 142 valence electrons. The molecular formula is C21H19BrN4O2. The van der Waals surface area contributed by atoms with Crippen LogP contribution in [0.3, 0.4) is 0 Å². The van der Waals surface area contributed by atoms with Crippen LogP contribution in [0.15, 0.2) is 63.6 Å². The number of carbonyl (C=O) groups is 1. The number of nitrogens with zero attached hydrogens (tertiary/aromatic N) is 3. The number of carbonyl (C=O) groups excluding carboxylic acids is 1. The largest absolute Gasteiger partial charge is 0.421 e. The molecule has 0 aliphatic carbocycles. The molecule has 2 aromatic carbocycles. The van der Waals surface area contributed by atoms with Crippen LogP contribution in [0, 0.1) is 0 Å². The molecular weight excluding hydrogens is 420 g/mol. The smallest absolute Gasteiger partial charge is 0.249 e. The normalized spacial score (nSPS) is 11.1. The van der Waals surface area contributed by atoms with Crippen molar-refractivity contribution in [1.29, 1.82) is 0 Å². The van der Waals surface area contributed by atoms with Gasteiger partial charge in [0.15, 0.2) is 0 Å². The molecule has 0 aliphatic heterocycles. The summed E-state index contributed by atoms with van der Waals surface area (Å²) >= 11 is 3.45. The van der Waals surface area contributed by atoms with E-state index in [0.29, 0.717) is 24.7 Å². The van der Waals surface area contributed by atoms with E-state index in [-0.39, 0.29) is 12.5 Å². The molecule has 0 saturated heterocycles. The van der Waals surface area contributed by atoms with Crippen molar-refractivity contribution in [3.63, 3.8) is 0 Å². The molecule has 0 spiro atoms. The second-order valence-corrected chi connectivity index (χ2v) is 7.36. The van der Waals surface area contributed by atoms with Crippen molar-refractivity contribution < 1.29 is 9.21 Å². The Morgan fingerprint density at radius 3 is 2.82 bits per heavy atom. The Bertz CT molecular complexity index is 1130. The van der Waals surface area contributed by atoms with E-state index in [1.807, 2.05) is 66.2 Å². The van der Waals surface area contributed by atoms with E-state index in [0.717, 1.165) is 26.5 Å². The number of halogens is 1. The highest BCUT2D eigenvalue weighted by Gasteiger charge is 2.16. The van der Waals surface area contributed by atoms with Crippen LogP contribution in [-0.2, 0) is 24.3 Å². The number of hydrogen-bond acceptors (Lipinski definition) is 4. The number of fused-ring (bicyclic) bond motifs is 1. The second kappa shape index (κ2) is 7.98. The minimum absolute atomic E-state index is 0.0629. The molecule has 0 aliphatic rings. The number of hydrogen-bond donors (Lipinski definition) is 1. The number of amides is 1. The fraction of sp³-hybridized carbons (Fsp3) is 0.190. The lowest BCUT2D eigenvalue weighted by Crippen LogP contribution is -2.26. The average Bonchev–Trinajstić information content (AvgIpc) is 3.31. The third kappa shape index (κ3) is 3.84. The highest BCUT2D eigenvalue weighted by Crippen LogP contribution is 2.29. The Hall–Kier alpha value is -2.93. The lowest BCUT2D eigenvalue weighted by Gasteiger charge is -2.08. The van der Waals surface area contributed by atoms with E-state index < -0.39 is 0 Å². The molecule has 4 rings (SSSR count). The summed E-state index contributed by atoms with van der Waals surface area (Å²) in [5.41, 5.74) is 2.83. The molecule has 1 amide bonds. The number of aromatic nitrogens is 3. The van der Waals surface area contributed by atoms with Gasteiger partial charge in [-0.1, -0.05) is 53.2 Å². The Morgan fingerprint density at radius 1 is 1.18 bits per heavy atom. The Labute approximate surface area is 170 Å². The molecule has 2 aromatic heterocycles. The van der Waals surface area contributed by atoms with Gasteiger partial charge in [0, 0.05) is 34.5 Å². The summed E-state index contributed by atoms with van der Waals surface area (Å²) in [4.78, 5) is 12.5. The summed E-state index contributed by atoms with van der Waals surface area (Å²) in [5.74, 6) is 1.01. The van der Waals surface area contributed by atoms with Crippen LogP contribution in [-0.4, -0.2) is 20.7 Å². The summed E-state index contributed by atoms with van der Waals surface area (Å²) in [5, 5.41) is 12.1. The molecule has 0 atom stereocenters. The molecule has 0 saturated carbocycles. The molecule has 4 aromatic rings. The van der Waals surface area contributed by atoms with Gasteiger partial charge >= 0.3 is 0 Å². The summed E-state index contributed by atoms with van der Waals surface area (Å²) in [6, 6.07) is 15.8. The van der Waals surface area contributed by atoms with Crippen molar-refractivity contribution in [1.82, 2.24) is 20.1 Å². The van der Waals surface area contributed by atoms with Crippen molar-refractivity contribution in [2.45, 2.75) is 26.4 Å². The first kappa shape index (κ1) is 18.4. The lowest BCUT2D eigenvalue weighted by atomic mass is 10.2. The monoisotopic (exact) mass is 438 g/mol. The SMILES string of the molecule is CCc1nnc(-c2cn(CC(=O)NCc3cccc(Br)c3)c3ccccc23)o1. The molecule has 2 heterocycles. The van der Waals surface area contributed by atoms with Crippen LogP contribution in [0.4, 0.5) is 0 Å². The van der Waals surface area contributed by atoms with Crippen molar-refractivity contribution in [3.8, 4) is 11.5 Å². The van der Waals surface area contributed by atoms with E-state index in [4.69, 9.17) is 4.42 Å². The molecule has 0 fully saturated rings.